The van der Waals surface area contributed by atoms with Crippen LogP contribution in [0.15, 0.2) is 18.2 Å². The molecule has 6 heteroatoms. The summed E-state index contributed by atoms with van der Waals surface area (Å²) < 4.78 is 18.0. The standard InChI is InChI=1S/C11H12FNO4/c1-13-9(11(15)16)10(14)6-3-4-8(17-2)7(12)5-6/h3-5,9,13H,1-2H3,(H,15,16). The highest BCUT2D eigenvalue weighted by Gasteiger charge is 2.25. The van der Waals surface area contributed by atoms with E-state index in [9.17, 15) is 14.0 Å². The molecule has 1 atom stereocenters. The van der Waals surface area contributed by atoms with Crippen LogP contribution in [-0.2, 0) is 4.79 Å². The lowest BCUT2D eigenvalue weighted by molar-refractivity contribution is -0.137. The van der Waals surface area contributed by atoms with Gasteiger partial charge in [0.25, 0.3) is 0 Å². The molecule has 17 heavy (non-hydrogen) atoms. The van der Waals surface area contributed by atoms with E-state index in [0.717, 1.165) is 6.07 Å². The molecule has 1 aromatic carbocycles. The fourth-order valence-electron chi connectivity index (χ4n) is 1.35. The number of Topliss-reactive ketones (excluding diaryl/α,β-unsaturated/α-hetero) is 1. The first-order valence-corrected chi connectivity index (χ1v) is 4.79. The Bertz CT molecular complexity index is 447. The highest BCUT2D eigenvalue weighted by molar-refractivity contribution is 6.11. The Morgan fingerprint density at radius 3 is 2.53 bits per heavy atom. The number of benzene rings is 1. The van der Waals surface area contributed by atoms with Crippen LogP contribution in [0.4, 0.5) is 4.39 Å². The summed E-state index contributed by atoms with van der Waals surface area (Å²) in [5, 5.41) is 11.1. The number of rotatable bonds is 5. The molecule has 0 saturated carbocycles. The molecule has 0 aromatic heterocycles. The molecule has 0 amide bonds. The van der Waals surface area contributed by atoms with Gasteiger partial charge in [-0.3, -0.25) is 9.59 Å². The molecule has 0 aliphatic rings. The Labute approximate surface area is 97.2 Å². The van der Waals surface area contributed by atoms with Gasteiger partial charge >= 0.3 is 5.97 Å². The van der Waals surface area contributed by atoms with Crippen LogP contribution in [0.2, 0.25) is 0 Å². The van der Waals surface area contributed by atoms with Crippen molar-refractivity contribution in [3.05, 3.63) is 29.6 Å². The van der Waals surface area contributed by atoms with Gasteiger partial charge in [-0.2, -0.15) is 0 Å². The van der Waals surface area contributed by atoms with Crippen LogP contribution in [0.5, 0.6) is 5.75 Å². The zero-order chi connectivity index (χ0) is 13.0. The predicted octanol–water partition coefficient (Wildman–Crippen LogP) is 0.690. The number of halogens is 1. The van der Waals surface area contributed by atoms with Crippen molar-refractivity contribution < 1.29 is 23.8 Å². The maximum Gasteiger partial charge on any atom is 0.328 e. The number of aliphatic carboxylic acids is 1. The minimum atomic E-state index is -1.39. The molecular weight excluding hydrogens is 229 g/mol. The van der Waals surface area contributed by atoms with Crippen molar-refractivity contribution >= 4 is 11.8 Å². The number of likely N-dealkylation sites (N-methyl/N-ethyl adjacent to an activating group) is 1. The third-order valence-electron chi connectivity index (χ3n) is 2.23. The highest BCUT2D eigenvalue weighted by atomic mass is 19.1. The minimum Gasteiger partial charge on any atom is -0.494 e. The number of carbonyl (C=O) groups excluding carboxylic acids is 1. The molecule has 0 radical (unpaired) electrons. The summed E-state index contributed by atoms with van der Waals surface area (Å²) in [6.07, 6.45) is 0. The summed E-state index contributed by atoms with van der Waals surface area (Å²) in [5.41, 5.74) is -0.0231. The number of hydrogen-bond donors (Lipinski definition) is 2. The average Bonchev–Trinajstić information content (AvgIpc) is 2.29. The normalized spacial score (nSPS) is 11.9. The molecule has 1 aromatic rings. The van der Waals surface area contributed by atoms with Crippen LogP contribution < -0.4 is 10.1 Å². The lowest BCUT2D eigenvalue weighted by Crippen LogP contribution is -2.41. The van der Waals surface area contributed by atoms with Gasteiger partial charge in [-0.15, -0.1) is 0 Å². The Hall–Kier alpha value is -1.95. The summed E-state index contributed by atoms with van der Waals surface area (Å²) in [6.45, 7) is 0. The zero-order valence-electron chi connectivity index (χ0n) is 9.36. The maximum absolute atomic E-state index is 13.3. The fourth-order valence-corrected chi connectivity index (χ4v) is 1.35. The van der Waals surface area contributed by atoms with Crippen molar-refractivity contribution in [2.24, 2.45) is 0 Å². The van der Waals surface area contributed by atoms with Crippen LogP contribution in [0.25, 0.3) is 0 Å². The van der Waals surface area contributed by atoms with Gasteiger partial charge < -0.3 is 15.2 Å². The molecule has 0 fully saturated rings. The van der Waals surface area contributed by atoms with E-state index in [4.69, 9.17) is 9.84 Å². The molecule has 0 spiro atoms. The third kappa shape index (κ3) is 2.79. The second kappa shape index (κ2) is 5.40. The van der Waals surface area contributed by atoms with Crippen LogP contribution >= 0.6 is 0 Å². The number of ketones is 1. The van der Waals surface area contributed by atoms with Gasteiger partial charge in [0, 0.05) is 5.56 Å². The van der Waals surface area contributed by atoms with Crippen LogP contribution in [0, 0.1) is 5.82 Å². The number of methoxy groups -OCH3 is 1. The zero-order valence-corrected chi connectivity index (χ0v) is 9.36. The molecule has 0 aliphatic heterocycles. The summed E-state index contributed by atoms with van der Waals surface area (Å²) in [4.78, 5) is 22.5. The molecule has 0 saturated heterocycles. The van der Waals surface area contributed by atoms with Crippen molar-refractivity contribution in [3.63, 3.8) is 0 Å². The molecule has 2 N–H and O–H groups in total. The van der Waals surface area contributed by atoms with Crippen LogP contribution in [-0.4, -0.2) is 37.1 Å². The number of carboxylic acids is 1. The predicted molar refractivity (Wildman–Crippen MR) is 57.8 cm³/mol. The van der Waals surface area contributed by atoms with Gasteiger partial charge in [0.2, 0.25) is 0 Å². The van der Waals surface area contributed by atoms with Crippen molar-refractivity contribution in [2.75, 3.05) is 14.2 Å². The smallest absolute Gasteiger partial charge is 0.328 e. The van der Waals surface area contributed by atoms with E-state index in [0.29, 0.717) is 0 Å². The summed E-state index contributed by atoms with van der Waals surface area (Å²) in [7, 11) is 2.64. The summed E-state index contributed by atoms with van der Waals surface area (Å²) in [6, 6.07) is 2.16. The van der Waals surface area contributed by atoms with Crippen molar-refractivity contribution in [1.82, 2.24) is 5.32 Å². The fraction of sp³-hybridized carbons (Fsp3) is 0.273. The first-order chi connectivity index (χ1) is 8.01. The number of carboxylic acid groups (broad SMARTS) is 1. The van der Waals surface area contributed by atoms with E-state index >= 15 is 0 Å². The van der Waals surface area contributed by atoms with E-state index in [2.05, 4.69) is 5.32 Å². The van der Waals surface area contributed by atoms with E-state index in [-0.39, 0.29) is 11.3 Å². The van der Waals surface area contributed by atoms with E-state index in [1.807, 2.05) is 0 Å². The van der Waals surface area contributed by atoms with E-state index in [1.165, 1.54) is 26.3 Å². The number of nitrogens with one attached hydrogen (secondary N) is 1. The number of carbonyl (C=O) groups is 2. The minimum absolute atomic E-state index is 0.00196. The molecule has 5 nitrogen and oxygen atoms in total. The Morgan fingerprint density at radius 2 is 2.12 bits per heavy atom. The topological polar surface area (TPSA) is 75.6 Å². The SMILES string of the molecule is CNC(C(=O)O)C(=O)c1ccc(OC)c(F)c1. The maximum atomic E-state index is 13.3. The van der Waals surface area contributed by atoms with Gasteiger partial charge in [-0.25, -0.2) is 4.39 Å². The van der Waals surface area contributed by atoms with Gasteiger partial charge in [-0.05, 0) is 25.2 Å². The lowest BCUT2D eigenvalue weighted by Gasteiger charge is -2.10. The lowest BCUT2D eigenvalue weighted by atomic mass is 10.0. The monoisotopic (exact) mass is 241 g/mol. The second-order valence-corrected chi connectivity index (χ2v) is 3.27. The van der Waals surface area contributed by atoms with Gasteiger partial charge in [0.1, 0.15) is 0 Å². The quantitative estimate of drug-likeness (QED) is 0.586. The van der Waals surface area contributed by atoms with Crippen molar-refractivity contribution in [1.29, 1.82) is 0 Å². The molecule has 0 aliphatic carbocycles. The largest absolute Gasteiger partial charge is 0.494 e. The Kier molecular flexibility index (Phi) is 4.17. The highest BCUT2D eigenvalue weighted by Crippen LogP contribution is 2.18. The van der Waals surface area contributed by atoms with Crippen molar-refractivity contribution in [2.45, 2.75) is 6.04 Å². The molecule has 0 heterocycles. The Balaban J connectivity index is 3.04. The first kappa shape index (κ1) is 13.1. The van der Waals surface area contributed by atoms with Gasteiger partial charge in [0.05, 0.1) is 7.11 Å². The second-order valence-electron chi connectivity index (χ2n) is 3.27. The Morgan fingerprint density at radius 1 is 1.47 bits per heavy atom. The van der Waals surface area contributed by atoms with Crippen LogP contribution in [0.1, 0.15) is 10.4 Å². The number of hydrogen-bond acceptors (Lipinski definition) is 4. The molecule has 1 rings (SSSR count). The first-order valence-electron chi connectivity index (χ1n) is 4.79. The van der Waals surface area contributed by atoms with Crippen molar-refractivity contribution in [3.8, 4) is 5.75 Å². The summed E-state index contributed by atoms with van der Waals surface area (Å²) >= 11 is 0. The molecular formula is C11H12FNO4. The van der Waals surface area contributed by atoms with Crippen LogP contribution in [0.3, 0.4) is 0 Å². The molecule has 92 valence electrons. The summed E-state index contributed by atoms with van der Waals surface area (Å²) in [5.74, 6) is -2.73. The van der Waals surface area contributed by atoms with E-state index in [1.54, 1.807) is 0 Å². The average molecular weight is 241 g/mol. The molecule has 0 bridgehead atoms. The number of ether oxygens (including phenoxy) is 1. The van der Waals surface area contributed by atoms with E-state index < -0.39 is 23.6 Å². The molecule has 1 unspecified atom stereocenters. The van der Waals surface area contributed by atoms with Gasteiger partial charge in [-0.1, -0.05) is 0 Å². The third-order valence-corrected chi connectivity index (χ3v) is 2.23. The van der Waals surface area contributed by atoms with Gasteiger partial charge in [0.15, 0.2) is 23.4 Å².